The van der Waals surface area contributed by atoms with E-state index < -0.39 is 18.0 Å². The Morgan fingerprint density at radius 3 is 1.24 bits per heavy atom. The number of aryl methyl sites for hydroxylation is 4. The summed E-state index contributed by atoms with van der Waals surface area (Å²) in [6.45, 7) is 35.1. The highest BCUT2D eigenvalue weighted by Gasteiger charge is 2.34. The molecular formula is C63H88O8. The van der Waals surface area contributed by atoms with E-state index in [1.54, 1.807) is 0 Å². The second-order valence-electron chi connectivity index (χ2n) is 22.4. The zero-order chi connectivity index (χ0) is 53.0. The Hall–Kier alpha value is -4.64. The molecule has 0 aromatic heterocycles. The van der Waals surface area contributed by atoms with Gasteiger partial charge >= 0.3 is 0 Å². The Bertz CT molecular complexity index is 2460. The smallest absolute Gasteiger partial charge is 0.162 e. The molecule has 8 nitrogen and oxygen atoms in total. The molecule has 2 unspecified atom stereocenters. The molecular weight excluding hydrogens is 885 g/mol. The van der Waals surface area contributed by atoms with Crippen molar-refractivity contribution < 1.29 is 39.4 Å². The molecule has 0 amide bonds. The van der Waals surface area contributed by atoms with E-state index in [1.165, 1.54) is 22.3 Å². The van der Waals surface area contributed by atoms with Crippen LogP contribution in [0.2, 0.25) is 0 Å². The predicted molar refractivity (Wildman–Crippen MR) is 290 cm³/mol. The van der Waals surface area contributed by atoms with Crippen LogP contribution in [0.5, 0.6) is 11.5 Å². The fraction of sp³-hybridized carbons (Fsp3) is 0.556. The summed E-state index contributed by atoms with van der Waals surface area (Å²) < 4.78 is 23.6. The van der Waals surface area contributed by atoms with Gasteiger partial charge in [0, 0.05) is 33.8 Å². The van der Waals surface area contributed by atoms with Gasteiger partial charge in [0.05, 0.1) is 39.6 Å². The Kier molecular flexibility index (Phi) is 21.0. The molecule has 2 atom stereocenters. The average molecular weight is 973 g/mol. The van der Waals surface area contributed by atoms with Crippen molar-refractivity contribution in [3.05, 3.63) is 128 Å². The molecule has 71 heavy (non-hydrogen) atoms. The number of aliphatic hydroxyl groups excluding tert-OH is 4. The molecule has 1 saturated heterocycles. The monoisotopic (exact) mass is 973 g/mol. The van der Waals surface area contributed by atoms with Crippen LogP contribution in [0.25, 0.3) is 0 Å². The van der Waals surface area contributed by atoms with Gasteiger partial charge in [0.1, 0.15) is 23.7 Å². The number of hydrogen-bond acceptors (Lipinski definition) is 8. The Labute approximate surface area is 428 Å². The molecule has 0 spiro atoms. The SMILES string of the molecule is CCC(CC)(c1ccc(C#CC(O)C(C)(C)C)c(C)c1)c1ccc(OCC(CO)CO)c(C)c1.CCC(CC)(c1ccc(C#CC(O)C(C)(C)C)c(C)c1)c1ccc(OCC2COC(C)(C)OC2)c(C)c1. The van der Waals surface area contributed by atoms with Crippen molar-refractivity contribution in [3.8, 4) is 35.2 Å². The van der Waals surface area contributed by atoms with Crippen LogP contribution in [-0.4, -0.2) is 78.1 Å². The van der Waals surface area contributed by atoms with Crippen molar-refractivity contribution in [3.63, 3.8) is 0 Å². The zero-order valence-corrected chi connectivity index (χ0v) is 46.2. The van der Waals surface area contributed by atoms with E-state index in [0.717, 1.165) is 70.6 Å². The summed E-state index contributed by atoms with van der Waals surface area (Å²) in [5.74, 6) is 13.5. The molecule has 5 rings (SSSR count). The Morgan fingerprint density at radius 1 is 0.563 bits per heavy atom. The van der Waals surface area contributed by atoms with E-state index in [-0.39, 0.29) is 53.3 Å². The lowest BCUT2D eigenvalue weighted by molar-refractivity contribution is -0.264. The first-order valence-corrected chi connectivity index (χ1v) is 25.9. The van der Waals surface area contributed by atoms with Gasteiger partial charge in [0.15, 0.2) is 5.79 Å². The van der Waals surface area contributed by atoms with Gasteiger partial charge in [-0.15, -0.1) is 0 Å². The fourth-order valence-electron chi connectivity index (χ4n) is 9.01. The van der Waals surface area contributed by atoms with Gasteiger partial charge < -0.3 is 39.4 Å². The fourth-order valence-corrected chi connectivity index (χ4v) is 9.01. The van der Waals surface area contributed by atoms with E-state index >= 15 is 0 Å². The second kappa shape index (κ2) is 25.3. The summed E-state index contributed by atoms with van der Waals surface area (Å²) >= 11 is 0. The van der Waals surface area contributed by atoms with Crippen molar-refractivity contribution in [2.45, 2.75) is 165 Å². The van der Waals surface area contributed by atoms with Crippen LogP contribution in [0.1, 0.15) is 164 Å². The van der Waals surface area contributed by atoms with Crippen molar-refractivity contribution in [1.82, 2.24) is 0 Å². The third kappa shape index (κ3) is 15.2. The van der Waals surface area contributed by atoms with E-state index in [4.69, 9.17) is 18.9 Å². The minimum Gasteiger partial charge on any atom is -0.493 e. The van der Waals surface area contributed by atoms with Crippen LogP contribution in [0, 0.1) is 74.0 Å². The Balaban J connectivity index is 0.000000310. The largest absolute Gasteiger partial charge is 0.493 e. The standard InChI is InChI=1S/C33H46O4.C30H42O4/c1-10-33(11-2,27-14-12-26(23(3)18-27)13-17-30(34)31(5,6)7)28-15-16-29(24(4)19-28)35-20-25-21-36-32(8,9)37-22-25;1-8-30(9-2,26-13-14-27(22(4)17-26)34-20-23(18-31)19-32)25-12-10-24(21(3)16-25)11-15-28(33)29(5,6)7/h12,14-16,18-19,25,30,34H,10-11,20-22H2,1-9H3;10,12-14,16-17,23,28,31-33H,8-9,18-20H2,1-7H3. The number of ether oxygens (including phenoxy) is 4. The lowest BCUT2D eigenvalue weighted by atomic mass is 9.70. The van der Waals surface area contributed by atoms with Gasteiger partial charge in [-0.2, -0.15) is 0 Å². The van der Waals surface area contributed by atoms with Gasteiger partial charge in [-0.25, -0.2) is 0 Å². The van der Waals surface area contributed by atoms with Gasteiger partial charge in [-0.05, 0) is 147 Å². The van der Waals surface area contributed by atoms with Crippen LogP contribution in [0.4, 0.5) is 0 Å². The highest BCUT2D eigenvalue weighted by Crippen LogP contribution is 2.43. The molecule has 1 heterocycles. The summed E-state index contributed by atoms with van der Waals surface area (Å²) in [7, 11) is 0. The molecule has 1 aliphatic rings. The van der Waals surface area contributed by atoms with Crippen LogP contribution in [0.3, 0.4) is 0 Å². The summed E-state index contributed by atoms with van der Waals surface area (Å²) in [6, 6.07) is 26.0. The van der Waals surface area contributed by atoms with Gasteiger partial charge in [-0.1, -0.05) is 141 Å². The first-order chi connectivity index (χ1) is 33.3. The van der Waals surface area contributed by atoms with Crippen LogP contribution < -0.4 is 9.47 Å². The molecule has 0 bridgehead atoms. The summed E-state index contributed by atoms with van der Waals surface area (Å²) in [4.78, 5) is 0. The quantitative estimate of drug-likeness (QED) is 0.0820. The number of benzene rings is 4. The molecule has 4 aromatic rings. The normalized spacial score (nSPS) is 15.1. The van der Waals surface area contributed by atoms with E-state index in [1.807, 2.05) is 68.4 Å². The minimum absolute atomic E-state index is 0.0957. The summed E-state index contributed by atoms with van der Waals surface area (Å²) in [5, 5.41) is 39.2. The van der Waals surface area contributed by atoms with Gasteiger partial charge in [-0.3, -0.25) is 0 Å². The minimum atomic E-state index is -0.675. The first-order valence-electron chi connectivity index (χ1n) is 25.9. The number of hydrogen-bond donors (Lipinski definition) is 4. The second-order valence-corrected chi connectivity index (χ2v) is 22.4. The summed E-state index contributed by atoms with van der Waals surface area (Å²) in [6.07, 6.45) is 2.54. The maximum Gasteiger partial charge on any atom is 0.162 e. The number of aliphatic hydroxyl groups is 4. The van der Waals surface area contributed by atoms with E-state index in [2.05, 4.69) is 139 Å². The average Bonchev–Trinajstić information content (AvgIpc) is 3.32. The molecule has 1 aliphatic heterocycles. The van der Waals surface area contributed by atoms with E-state index in [9.17, 15) is 20.4 Å². The van der Waals surface area contributed by atoms with Crippen LogP contribution in [-0.2, 0) is 20.3 Å². The maximum atomic E-state index is 10.3. The van der Waals surface area contributed by atoms with Crippen molar-refractivity contribution in [2.75, 3.05) is 39.6 Å². The highest BCUT2D eigenvalue weighted by molar-refractivity contribution is 5.52. The predicted octanol–water partition coefficient (Wildman–Crippen LogP) is 12.1. The molecule has 388 valence electrons. The zero-order valence-electron chi connectivity index (χ0n) is 46.2. The van der Waals surface area contributed by atoms with Crippen LogP contribution in [0.15, 0.2) is 72.8 Å². The van der Waals surface area contributed by atoms with Crippen molar-refractivity contribution in [2.24, 2.45) is 22.7 Å². The molecule has 1 fully saturated rings. The molecule has 0 radical (unpaired) electrons. The van der Waals surface area contributed by atoms with Crippen molar-refractivity contribution >= 4 is 0 Å². The first kappa shape index (κ1) is 58.9. The molecule has 8 heteroatoms. The summed E-state index contributed by atoms with van der Waals surface area (Å²) in [5.41, 5.74) is 10.6. The van der Waals surface area contributed by atoms with Crippen molar-refractivity contribution in [1.29, 1.82) is 0 Å². The topological polar surface area (TPSA) is 118 Å². The number of rotatable bonds is 16. The maximum absolute atomic E-state index is 10.3. The molecule has 0 saturated carbocycles. The lowest BCUT2D eigenvalue weighted by Crippen LogP contribution is -2.41. The third-order valence-corrected chi connectivity index (χ3v) is 14.6. The molecule has 4 aromatic carbocycles. The van der Waals surface area contributed by atoms with Gasteiger partial charge in [0.2, 0.25) is 0 Å². The third-order valence-electron chi connectivity index (χ3n) is 14.6. The van der Waals surface area contributed by atoms with E-state index in [0.29, 0.717) is 19.8 Å². The molecule has 0 aliphatic carbocycles. The Morgan fingerprint density at radius 2 is 0.915 bits per heavy atom. The van der Waals surface area contributed by atoms with Gasteiger partial charge in [0.25, 0.3) is 0 Å². The highest BCUT2D eigenvalue weighted by atomic mass is 16.7. The lowest BCUT2D eigenvalue weighted by Gasteiger charge is -2.35. The molecule has 4 N–H and O–H groups in total. The van der Waals surface area contributed by atoms with Crippen LogP contribution >= 0.6 is 0 Å².